The van der Waals surface area contributed by atoms with Crippen molar-refractivity contribution in [2.45, 2.75) is 13.3 Å². The highest BCUT2D eigenvalue weighted by Gasteiger charge is 2.04. The van der Waals surface area contributed by atoms with E-state index in [1.807, 2.05) is 25.1 Å². The predicted molar refractivity (Wildman–Crippen MR) is 55.0 cm³/mol. The third-order valence-electron chi connectivity index (χ3n) is 1.91. The van der Waals surface area contributed by atoms with Gasteiger partial charge in [0.25, 0.3) is 0 Å². The van der Waals surface area contributed by atoms with Gasteiger partial charge in [-0.1, -0.05) is 6.07 Å². The molecule has 0 saturated heterocycles. The third kappa shape index (κ3) is 2.74. The molecule has 1 aromatic carbocycles. The van der Waals surface area contributed by atoms with Gasteiger partial charge in [-0.15, -0.1) is 11.6 Å². The molecule has 1 aromatic rings. The maximum atomic E-state index is 11.1. The molecule has 2 N–H and O–H groups in total. The van der Waals surface area contributed by atoms with Gasteiger partial charge in [-0.25, -0.2) is 0 Å². The average Bonchev–Trinajstić information content (AvgIpc) is 2.11. The summed E-state index contributed by atoms with van der Waals surface area (Å²) in [4.78, 5) is 11.1. The normalized spacial score (nSPS) is 10.0. The molecule has 0 fully saturated rings. The molecule has 0 aromatic heterocycles. The van der Waals surface area contributed by atoms with Gasteiger partial charge >= 0.3 is 0 Å². The molecule has 0 amide bonds. The van der Waals surface area contributed by atoms with Crippen molar-refractivity contribution in [2.75, 3.05) is 11.6 Å². The van der Waals surface area contributed by atoms with E-state index in [2.05, 4.69) is 0 Å². The Labute approximate surface area is 82.7 Å². The Kier molecular flexibility index (Phi) is 3.32. The first-order valence-electron chi connectivity index (χ1n) is 4.06. The summed E-state index contributed by atoms with van der Waals surface area (Å²) >= 11 is 5.41. The van der Waals surface area contributed by atoms with Crippen molar-refractivity contribution in [3.63, 3.8) is 0 Å². The van der Waals surface area contributed by atoms with Crippen LogP contribution in [0.5, 0.6) is 0 Å². The molecule has 0 aliphatic carbocycles. The number of alkyl halides is 1. The van der Waals surface area contributed by atoms with Crippen LogP contribution in [0.1, 0.15) is 11.1 Å². The molecule has 0 aliphatic heterocycles. The van der Waals surface area contributed by atoms with Crippen LogP contribution in [0.25, 0.3) is 0 Å². The third-order valence-corrected chi connectivity index (χ3v) is 2.21. The molecule has 0 radical (unpaired) electrons. The van der Waals surface area contributed by atoms with E-state index in [4.69, 9.17) is 17.3 Å². The number of anilines is 1. The van der Waals surface area contributed by atoms with Crippen LogP contribution in [0.15, 0.2) is 18.2 Å². The van der Waals surface area contributed by atoms with E-state index in [0.29, 0.717) is 12.1 Å². The lowest BCUT2D eigenvalue weighted by atomic mass is 10.0. The van der Waals surface area contributed by atoms with Gasteiger partial charge in [-0.2, -0.15) is 0 Å². The summed E-state index contributed by atoms with van der Waals surface area (Å²) in [5.74, 6) is 0.0872. The van der Waals surface area contributed by atoms with Crippen LogP contribution in [0, 0.1) is 6.92 Å². The second-order valence-corrected chi connectivity index (χ2v) is 3.30. The monoisotopic (exact) mass is 197 g/mol. The second kappa shape index (κ2) is 4.28. The average molecular weight is 198 g/mol. The molecule has 1 rings (SSSR count). The Morgan fingerprint density at radius 2 is 2.23 bits per heavy atom. The molecule has 0 unspecified atom stereocenters. The lowest BCUT2D eigenvalue weighted by molar-refractivity contribution is -0.116. The van der Waals surface area contributed by atoms with E-state index in [-0.39, 0.29) is 11.7 Å². The van der Waals surface area contributed by atoms with Gasteiger partial charge in [-0.05, 0) is 30.2 Å². The number of aryl methyl sites for hydroxylation is 1. The molecule has 70 valence electrons. The lowest BCUT2D eigenvalue weighted by Gasteiger charge is -2.04. The topological polar surface area (TPSA) is 43.1 Å². The van der Waals surface area contributed by atoms with Crippen LogP contribution in [0.3, 0.4) is 0 Å². The molecular weight excluding hydrogens is 186 g/mol. The van der Waals surface area contributed by atoms with Crippen molar-refractivity contribution in [1.29, 1.82) is 0 Å². The molecule has 2 nitrogen and oxygen atoms in total. The Hall–Kier alpha value is -1.02. The van der Waals surface area contributed by atoms with Crippen LogP contribution in [-0.2, 0) is 11.2 Å². The van der Waals surface area contributed by atoms with E-state index >= 15 is 0 Å². The number of carbonyl (C=O) groups is 1. The van der Waals surface area contributed by atoms with E-state index in [1.54, 1.807) is 0 Å². The first kappa shape index (κ1) is 10.1. The molecule has 0 atom stereocenters. The second-order valence-electron chi connectivity index (χ2n) is 3.04. The van der Waals surface area contributed by atoms with Crippen LogP contribution < -0.4 is 5.73 Å². The standard InChI is InChI=1S/C10H12ClNO/c1-7-2-3-9(12)4-8(7)5-10(13)6-11/h2-4H,5-6,12H2,1H3. The molecule has 13 heavy (non-hydrogen) atoms. The summed E-state index contributed by atoms with van der Waals surface area (Å²) in [5.41, 5.74) is 8.32. The quantitative estimate of drug-likeness (QED) is 0.595. The van der Waals surface area contributed by atoms with Crippen molar-refractivity contribution < 1.29 is 4.79 Å². The fraction of sp³-hybridized carbons (Fsp3) is 0.300. The maximum Gasteiger partial charge on any atom is 0.151 e. The van der Waals surface area contributed by atoms with Crippen molar-refractivity contribution in [3.8, 4) is 0 Å². The Morgan fingerprint density at radius 3 is 2.85 bits per heavy atom. The largest absolute Gasteiger partial charge is 0.399 e. The number of nitrogen functional groups attached to an aromatic ring is 1. The minimum absolute atomic E-state index is 0.0235. The summed E-state index contributed by atoms with van der Waals surface area (Å²) in [6.07, 6.45) is 0.375. The van der Waals surface area contributed by atoms with E-state index in [1.165, 1.54) is 0 Å². The van der Waals surface area contributed by atoms with E-state index in [0.717, 1.165) is 11.1 Å². The Bertz CT molecular complexity index is 323. The number of ketones is 1. The zero-order valence-corrected chi connectivity index (χ0v) is 8.27. The van der Waals surface area contributed by atoms with Gasteiger partial charge < -0.3 is 5.73 Å². The highest BCUT2D eigenvalue weighted by atomic mass is 35.5. The minimum Gasteiger partial charge on any atom is -0.399 e. The molecule has 0 heterocycles. The molecule has 0 aliphatic rings. The van der Waals surface area contributed by atoms with Gasteiger partial charge in [0, 0.05) is 12.1 Å². The Morgan fingerprint density at radius 1 is 1.54 bits per heavy atom. The van der Waals surface area contributed by atoms with E-state index < -0.39 is 0 Å². The minimum atomic E-state index is 0.0235. The van der Waals surface area contributed by atoms with Gasteiger partial charge in [-0.3, -0.25) is 4.79 Å². The van der Waals surface area contributed by atoms with Crippen LogP contribution in [0.2, 0.25) is 0 Å². The molecule has 3 heteroatoms. The number of carbonyl (C=O) groups excluding carboxylic acids is 1. The highest BCUT2D eigenvalue weighted by Crippen LogP contribution is 2.13. The predicted octanol–water partition coefficient (Wildman–Crippen LogP) is 1.93. The molecule has 0 spiro atoms. The van der Waals surface area contributed by atoms with Crippen molar-refractivity contribution >= 4 is 23.1 Å². The van der Waals surface area contributed by atoms with Crippen LogP contribution in [0.4, 0.5) is 5.69 Å². The number of hydrogen-bond donors (Lipinski definition) is 1. The van der Waals surface area contributed by atoms with Crippen LogP contribution >= 0.6 is 11.6 Å². The Balaban J connectivity index is 2.87. The SMILES string of the molecule is Cc1ccc(N)cc1CC(=O)CCl. The van der Waals surface area contributed by atoms with Crippen molar-refractivity contribution in [2.24, 2.45) is 0 Å². The first-order valence-corrected chi connectivity index (χ1v) is 4.59. The van der Waals surface area contributed by atoms with Gasteiger partial charge in [0.15, 0.2) is 5.78 Å². The lowest BCUT2D eigenvalue weighted by Crippen LogP contribution is -2.05. The fourth-order valence-corrected chi connectivity index (χ4v) is 1.24. The molecular formula is C10H12ClNO. The highest BCUT2D eigenvalue weighted by molar-refractivity contribution is 6.27. The first-order chi connectivity index (χ1) is 6.13. The summed E-state index contributed by atoms with van der Waals surface area (Å²) in [6.45, 7) is 1.95. The summed E-state index contributed by atoms with van der Waals surface area (Å²) in [7, 11) is 0. The smallest absolute Gasteiger partial charge is 0.151 e. The van der Waals surface area contributed by atoms with Crippen LogP contribution in [-0.4, -0.2) is 11.7 Å². The zero-order chi connectivity index (χ0) is 9.84. The number of Topliss-reactive ketones (excluding diaryl/α,β-unsaturated/α-hetero) is 1. The number of benzene rings is 1. The van der Waals surface area contributed by atoms with Gasteiger partial charge in [0.05, 0.1) is 5.88 Å². The summed E-state index contributed by atoms with van der Waals surface area (Å²) < 4.78 is 0. The van der Waals surface area contributed by atoms with Gasteiger partial charge in [0.2, 0.25) is 0 Å². The maximum absolute atomic E-state index is 11.1. The number of hydrogen-bond acceptors (Lipinski definition) is 2. The number of halogens is 1. The van der Waals surface area contributed by atoms with Crippen molar-refractivity contribution in [3.05, 3.63) is 29.3 Å². The van der Waals surface area contributed by atoms with Gasteiger partial charge in [0.1, 0.15) is 0 Å². The zero-order valence-electron chi connectivity index (χ0n) is 7.51. The molecule has 0 saturated carbocycles. The van der Waals surface area contributed by atoms with Crippen molar-refractivity contribution in [1.82, 2.24) is 0 Å². The van der Waals surface area contributed by atoms with E-state index in [9.17, 15) is 4.79 Å². The molecule has 0 bridgehead atoms. The summed E-state index contributed by atoms with van der Waals surface area (Å²) in [6, 6.07) is 5.55. The number of rotatable bonds is 3. The summed E-state index contributed by atoms with van der Waals surface area (Å²) in [5, 5.41) is 0. The fourth-order valence-electron chi connectivity index (χ4n) is 1.14. The number of nitrogens with two attached hydrogens (primary N) is 1.